The van der Waals surface area contributed by atoms with Crippen LogP contribution in [0.3, 0.4) is 0 Å². The van der Waals surface area contributed by atoms with Crippen LogP contribution < -0.4 is 15.6 Å². The van der Waals surface area contributed by atoms with E-state index in [4.69, 9.17) is 17.5 Å². The average Bonchev–Trinajstić information content (AvgIpc) is 2.98. The minimum absolute atomic E-state index is 0.0608. The van der Waals surface area contributed by atoms with Crippen LogP contribution >= 0.6 is 34.7 Å². The molecule has 1 aromatic heterocycles. The molecule has 1 atom stereocenters. The minimum Gasteiger partial charge on any atom is -0.373 e. The van der Waals surface area contributed by atoms with Crippen LogP contribution in [0, 0.1) is 0 Å². The Morgan fingerprint density at radius 2 is 2.11 bits per heavy atom. The van der Waals surface area contributed by atoms with Crippen LogP contribution in [0.4, 0.5) is 4.39 Å². The van der Waals surface area contributed by atoms with Crippen molar-refractivity contribution in [1.82, 2.24) is 9.36 Å². The number of hydrogen-bond acceptors (Lipinski definition) is 7. The monoisotopic (exact) mass is 446 g/mol. The van der Waals surface area contributed by atoms with E-state index >= 15 is 4.39 Å². The number of carbonyl (C=O) groups is 1. The molecule has 1 unspecified atom stereocenters. The van der Waals surface area contributed by atoms with E-state index < -0.39 is 11.0 Å². The zero-order valence-electron chi connectivity index (χ0n) is 15.4. The molecule has 152 valence electrons. The first-order chi connectivity index (χ1) is 13.2. The lowest BCUT2D eigenvalue weighted by Gasteiger charge is -2.26. The summed E-state index contributed by atoms with van der Waals surface area (Å²) in [4.78, 5) is 32.5. The number of nitrogens with zero attached hydrogens (tertiary/aromatic N) is 3. The Labute approximate surface area is 174 Å². The van der Waals surface area contributed by atoms with E-state index in [9.17, 15) is 9.59 Å². The molecule has 1 aromatic rings. The van der Waals surface area contributed by atoms with Crippen molar-refractivity contribution in [2.24, 2.45) is 10.9 Å². The van der Waals surface area contributed by atoms with E-state index in [0.717, 1.165) is 29.8 Å². The van der Waals surface area contributed by atoms with E-state index in [1.54, 1.807) is 15.4 Å². The Hall–Kier alpha value is -1.62. The molecule has 2 heterocycles. The standard InChI is InChI=1S/C17H20ClFN4O3S2/c1-10(2)11-7-13(17(19,8-12(11)18)27-9-14(24)26-20)21-15-22-5-3-4-6-23(22)16(25)28-15/h7-8H,3-6,9,20H2,1-2H3. The van der Waals surface area contributed by atoms with Crippen molar-refractivity contribution >= 4 is 40.7 Å². The number of hydrogen-bond donors (Lipinski definition) is 1. The third kappa shape index (κ3) is 4.19. The largest absolute Gasteiger partial charge is 0.373 e. The van der Waals surface area contributed by atoms with Crippen molar-refractivity contribution in [2.45, 2.75) is 44.8 Å². The molecule has 7 nitrogen and oxygen atoms in total. The summed E-state index contributed by atoms with van der Waals surface area (Å²) in [6.45, 7) is 4.98. The van der Waals surface area contributed by atoms with E-state index in [-0.39, 0.29) is 21.4 Å². The number of rotatable bonds is 4. The van der Waals surface area contributed by atoms with E-state index in [1.165, 1.54) is 6.08 Å². The van der Waals surface area contributed by atoms with Crippen LogP contribution in [0.5, 0.6) is 0 Å². The van der Waals surface area contributed by atoms with Crippen LogP contribution in [-0.2, 0) is 22.7 Å². The zero-order valence-corrected chi connectivity index (χ0v) is 17.8. The summed E-state index contributed by atoms with van der Waals surface area (Å²) in [6.07, 6.45) is 4.62. The molecule has 0 radical (unpaired) electrons. The summed E-state index contributed by atoms with van der Waals surface area (Å²) in [6, 6.07) is 0. The van der Waals surface area contributed by atoms with Gasteiger partial charge in [0.1, 0.15) is 0 Å². The molecule has 0 bridgehead atoms. The number of nitrogens with two attached hydrogens (primary N) is 1. The summed E-state index contributed by atoms with van der Waals surface area (Å²) in [5, 5.41) is -1.93. The number of halogens is 2. The van der Waals surface area contributed by atoms with Gasteiger partial charge in [-0.05, 0) is 55.8 Å². The topological polar surface area (TPSA) is 91.6 Å². The molecule has 0 fully saturated rings. The Bertz CT molecular complexity index is 1020. The van der Waals surface area contributed by atoms with Crippen molar-refractivity contribution in [2.75, 3.05) is 5.75 Å². The predicted octanol–water partition coefficient (Wildman–Crippen LogP) is 2.58. The zero-order chi connectivity index (χ0) is 20.5. The highest BCUT2D eigenvalue weighted by Gasteiger charge is 2.38. The summed E-state index contributed by atoms with van der Waals surface area (Å²) >= 11 is 7.90. The van der Waals surface area contributed by atoms with Crippen LogP contribution in [0.1, 0.15) is 26.7 Å². The fourth-order valence-corrected chi connectivity index (χ4v) is 5.14. The Balaban J connectivity index is 2.11. The molecule has 0 spiro atoms. The highest BCUT2D eigenvalue weighted by molar-refractivity contribution is 8.01. The second-order valence-corrected chi connectivity index (χ2v) is 9.07. The van der Waals surface area contributed by atoms with Crippen molar-refractivity contribution in [1.29, 1.82) is 0 Å². The highest BCUT2D eigenvalue weighted by atomic mass is 35.5. The molecule has 0 amide bonds. The molecule has 0 aromatic carbocycles. The van der Waals surface area contributed by atoms with Gasteiger partial charge in [0, 0.05) is 18.1 Å². The van der Waals surface area contributed by atoms with Crippen molar-refractivity contribution in [3.63, 3.8) is 0 Å². The molecule has 2 N–H and O–H groups in total. The number of aromatic nitrogens is 2. The highest BCUT2D eigenvalue weighted by Crippen LogP contribution is 2.44. The second-order valence-electron chi connectivity index (χ2n) is 6.57. The molecule has 1 aliphatic heterocycles. The summed E-state index contributed by atoms with van der Waals surface area (Å²) in [5.74, 6) is 3.76. The van der Waals surface area contributed by atoms with Gasteiger partial charge in [0.05, 0.1) is 11.4 Å². The molecular formula is C17H20ClFN4O3S2. The number of allylic oxidation sites excluding steroid dienone is 4. The van der Waals surface area contributed by atoms with Gasteiger partial charge in [0.25, 0.3) is 0 Å². The number of carbonyl (C=O) groups excluding carboxylic acids is 1. The molecular weight excluding hydrogens is 427 g/mol. The summed E-state index contributed by atoms with van der Waals surface area (Å²) in [7, 11) is 0. The third-order valence-electron chi connectivity index (χ3n) is 4.38. The molecule has 0 saturated heterocycles. The Kier molecular flexibility index (Phi) is 6.33. The van der Waals surface area contributed by atoms with Crippen LogP contribution in [0.2, 0.25) is 0 Å². The predicted molar refractivity (Wildman–Crippen MR) is 108 cm³/mol. The number of fused-ring (bicyclic) bond motifs is 1. The maximum absolute atomic E-state index is 15.8. The second kappa shape index (κ2) is 8.40. The Morgan fingerprint density at radius 1 is 1.43 bits per heavy atom. The van der Waals surface area contributed by atoms with Crippen LogP contribution in [0.15, 0.2) is 43.8 Å². The van der Waals surface area contributed by atoms with Crippen molar-refractivity contribution in [3.8, 4) is 0 Å². The maximum Gasteiger partial charge on any atom is 0.334 e. The molecule has 0 saturated carbocycles. The van der Waals surface area contributed by atoms with Gasteiger partial charge in [-0.15, -0.1) is 0 Å². The molecule has 11 heteroatoms. The van der Waals surface area contributed by atoms with E-state index in [1.807, 2.05) is 13.8 Å². The molecule has 2 aliphatic rings. The first-order valence-corrected chi connectivity index (χ1v) is 10.8. The molecule has 28 heavy (non-hydrogen) atoms. The minimum atomic E-state index is -2.16. The lowest BCUT2D eigenvalue weighted by atomic mass is 10.0. The van der Waals surface area contributed by atoms with Gasteiger partial charge in [-0.2, -0.15) is 5.90 Å². The fraction of sp³-hybridized carbons (Fsp3) is 0.471. The van der Waals surface area contributed by atoms with E-state index in [0.29, 0.717) is 35.2 Å². The van der Waals surface area contributed by atoms with Gasteiger partial charge >= 0.3 is 10.8 Å². The first kappa shape index (κ1) is 21.1. The first-order valence-electron chi connectivity index (χ1n) is 8.61. The summed E-state index contributed by atoms with van der Waals surface area (Å²) < 4.78 is 19.2. The number of thioether (sulfide) groups is 1. The van der Waals surface area contributed by atoms with Gasteiger partial charge in [-0.1, -0.05) is 28.9 Å². The number of alkyl halides is 1. The van der Waals surface area contributed by atoms with Crippen LogP contribution in [-0.4, -0.2) is 26.1 Å². The van der Waals surface area contributed by atoms with Gasteiger partial charge < -0.3 is 4.84 Å². The quantitative estimate of drug-likeness (QED) is 0.718. The normalized spacial score (nSPS) is 22.5. The van der Waals surface area contributed by atoms with Gasteiger partial charge in [-0.3, -0.25) is 9.48 Å². The van der Waals surface area contributed by atoms with E-state index in [2.05, 4.69) is 9.83 Å². The lowest BCUT2D eigenvalue weighted by Crippen LogP contribution is -2.32. The third-order valence-corrected chi connectivity index (χ3v) is 6.69. The summed E-state index contributed by atoms with van der Waals surface area (Å²) in [5.41, 5.74) is 1.61. The fourth-order valence-electron chi connectivity index (χ4n) is 2.94. The lowest BCUT2D eigenvalue weighted by molar-refractivity contribution is -0.140. The van der Waals surface area contributed by atoms with Crippen molar-refractivity contribution < 1.29 is 14.0 Å². The molecule has 3 rings (SSSR count). The smallest absolute Gasteiger partial charge is 0.334 e. The van der Waals surface area contributed by atoms with Crippen molar-refractivity contribution in [3.05, 3.63) is 48.5 Å². The van der Waals surface area contributed by atoms with Gasteiger partial charge in [-0.25, -0.2) is 18.9 Å². The van der Waals surface area contributed by atoms with Crippen LogP contribution in [0.25, 0.3) is 0 Å². The van der Waals surface area contributed by atoms with Gasteiger partial charge in [0.15, 0.2) is 0 Å². The average molecular weight is 447 g/mol. The van der Waals surface area contributed by atoms with Gasteiger partial charge in [0.2, 0.25) is 9.80 Å². The molecule has 1 aliphatic carbocycles. The maximum atomic E-state index is 15.8. The Morgan fingerprint density at radius 3 is 2.75 bits per heavy atom. The SMILES string of the molecule is CC(C)=C1C=C(N=c2sc(=O)n3n2CCCC3)C(F)(SCC(=O)ON)C=C1Cl.